The summed E-state index contributed by atoms with van der Waals surface area (Å²) in [7, 11) is 0. The quantitative estimate of drug-likeness (QED) is 0.373. The van der Waals surface area contributed by atoms with Gasteiger partial charge in [-0.25, -0.2) is 0 Å². The van der Waals surface area contributed by atoms with Crippen LogP contribution in [0.4, 0.5) is 11.4 Å². The van der Waals surface area contributed by atoms with Gasteiger partial charge in [0.2, 0.25) is 0 Å². The molecule has 0 atom stereocenters. The van der Waals surface area contributed by atoms with Crippen molar-refractivity contribution < 1.29 is 9.34 Å². The maximum absolute atomic E-state index is 10.8. The van der Waals surface area contributed by atoms with Crippen molar-refractivity contribution in [2.45, 2.75) is 0 Å². The van der Waals surface area contributed by atoms with Crippen molar-refractivity contribution in [1.82, 2.24) is 4.90 Å². The molecule has 1 fully saturated rings. The summed E-state index contributed by atoms with van der Waals surface area (Å²) in [6.07, 6.45) is 0. The first-order valence-corrected chi connectivity index (χ1v) is 9.46. The van der Waals surface area contributed by atoms with E-state index in [2.05, 4.69) is 9.80 Å². The highest BCUT2D eigenvalue weighted by Gasteiger charge is 2.22. The molecule has 0 saturated carbocycles. The number of thiocarbonyl (C=S) groups is 1. The Kier molecular flexibility index (Phi) is 5.08. The van der Waals surface area contributed by atoms with Crippen LogP contribution in [0.15, 0.2) is 71.1 Å². The minimum Gasteiger partial charge on any atom is -0.454 e. The average molecular weight is 393 g/mol. The molecule has 1 aliphatic heterocycles. The monoisotopic (exact) mass is 393 g/mol. The van der Waals surface area contributed by atoms with E-state index in [-0.39, 0.29) is 10.6 Å². The molecule has 4 rings (SSSR count). The first-order chi connectivity index (χ1) is 13.6. The standard InChI is InChI=1S/C21H19N3O3S/c25-24(26)18-8-6-17(7-9-18)22-12-14-23(15-13-22)21(28)20-11-10-19(27-20)16-4-2-1-3-5-16/h1-11H,12-15H2. The SMILES string of the molecule is O=[N+]([O-])c1ccc(N2CCN(C(=S)c3ccc(-c4ccccc4)o3)CC2)cc1. The normalized spacial score (nSPS) is 14.1. The summed E-state index contributed by atoms with van der Waals surface area (Å²) in [6, 6.07) is 20.5. The molecule has 0 N–H and O–H groups in total. The van der Waals surface area contributed by atoms with Crippen molar-refractivity contribution in [3.8, 4) is 11.3 Å². The van der Waals surface area contributed by atoms with Gasteiger partial charge >= 0.3 is 0 Å². The third-order valence-electron chi connectivity index (χ3n) is 4.87. The van der Waals surface area contributed by atoms with Crippen LogP contribution in [0.1, 0.15) is 5.76 Å². The fourth-order valence-corrected chi connectivity index (χ4v) is 3.61. The van der Waals surface area contributed by atoms with E-state index in [0.29, 0.717) is 10.7 Å². The Morgan fingerprint density at radius 3 is 2.25 bits per heavy atom. The Balaban J connectivity index is 1.39. The van der Waals surface area contributed by atoms with E-state index in [9.17, 15) is 10.1 Å². The van der Waals surface area contributed by atoms with Crippen LogP contribution in [0.3, 0.4) is 0 Å². The third-order valence-corrected chi connectivity index (χ3v) is 5.33. The maximum Gasteiger partial charge on any atom is 0.269 e. The highest BCUT2D eigenvalue weighted by molar-refractivity contribution is 7.80. The second-order valence-electron chi connectivity index (χ2n) is 6.58. The first kappa shape index (κ1) is 18.2. The van der Waals surface area contributed by atoms with E-state index in [0.717, 1.165) is 43.2 Å². The topological polar surface area (TPSA) is 62.8 Å². The van der Waals surface area contributed by atoms with Crippen LogP contribution >= 0.6 is 12.2 Å². The van der Waals surface area contributed by atoms with Crippen LogP contribution in [0.5, 0.6) is 0 Å². The summed E-state index contributed by atoms with van der Waals surface area (Å²) in [5.41, 5.74) is 2.12. The van der Waals surface area contributed by atoms with E-state index in [1.54, 1.807) is 24.3 Å². The van der Waals surface area contributed by atoms with E-state index < -0.39 is 0 Å². The maximum atomic E-state index is 10.8. The van der Waals surface area contributed by atoms with Crippen LogP contribution < -0.4 is 4.90 Å². The number of rotatable bonds is 4. The molecule has 0 unspecified atom stereocenters. The van der Waals surface area contributed by atoms with Gasteiger partial charge in [0.05, 0.1) is 4.92 Å². The summed E-state index contributed by atoms with van der Waals surface area (Å²) in [4.78, 5) is 15.5. The molecule has 1 aliphatic rings. The molecule has 2 aromatic carbocycles. The number of hydrogen-bond acceptors (Lipinski definition) is 5. The van der Waals surface area contributed by atoms with Gasteiger partial charge in [-0.15, -0.1) is 0 Å². The molecule has 142 valence electrons. The Hall–Kier alpha value is -3.19. The Morgan fingerprint density at radius 1 is 0.929 bits per heavy atom. The lowest BCUT2D eigenvalue weighted by Crippen LogP contribution is -2.48. The second-order valence-corrected chi connectivity index (χ2v) is 6.97. The molecule has 28 heavy (non-hydrogen) atoms. The van der Waals surface area contributed by atoms with Crippen LogP contribution in [0.2, 0.25) is 0 Å². The molecule has 6 nitrogen and oxygen atoms in total. The summed E-state index contributed by atoms with van der Waals surface area (Å²) >= 11 is 5.64. The molecular weight excluding hydrogens is 374 g/mol. The van der Waals surface area contributed by atoms with Gasteiger partial charge in [-0.1, -0.05) is 42.5 Å². The molecule has 2 heterocycles. The highest BCUT2D eigenvalue weighted by atomic mass is 32.1. The van der Waals surface area contributed by atoms with E-state index in [1.807, 2.05) is 42.5 Å². The van der Waals surface area contributed by atoms with Gasteiger partial charge in [0.25, 0.3) is 5.69 Å². The summed E-state index contributed by atoms with van der Waals surface area (Å²) in [5, 5.41) is 10.8. The van der Waals surface area contributed by atoms with Crippen molar-refractivity contribution in [1.29, 1.82) is 0 Å². The molecule has 0 aliphatic carbocycles. The molecule has 3 aromatic rings. The zero-order chi connectivity index (χ0) is 19.5. The van der Waals surface area contributed by atoms with Crippen LogP contribution in [-0.2, 0) is 0 Å². The van der Waals surface area contributed by atoms with Crippen LogP contribution in [0, 0.1) is 10.1 Å². The van der Waals surface area contributed by atoms with Gasteiger partial charge in [0.1, 0.15) is 10.7 Å². The number of hydrogen-bond donors (Lipinski definition) is 0. The van der Waals surface area contributed by atoms with Crippen molar-refractivity contribution in [3.63, 3.8) is 0 Å². The molecular formula is C21H19N3O3S. The van der Waals surface area contributed by atoms with E-state index >= 15 is 0 Å². The van der Waals surface area contributed by atoms with Gasteiger partial charge in [-0.05, 0) is 24.3 Å². The lowest BCUT2D eigenvalue weighted by Gasteiger charge is -2.36. The molecule has 0 radical (unpaired) electrons. The predicted molar refractivity (Wildman–Crippen MR) is 113 cm³/mol. The fourth-order valence-electron chi connectivity index (χ4n) is 3.32. The van der Waals surface area contributed by atoms with Gasteiger partial charge < -0.3 is 14.2 Å². The van der Waals surface area contributed by atoms with Gasteiger partial charge in [-0.2, -0.15) is 0 Å². The summed E-state index contributed by atoms with van der Waals surface area (Å²) < 4.78 is 5.97. The largest absolute Gasteiger partial charge is 0.454 e. The second kappa shape index (κ2) is 7.82. The Bertz CT molecular complexity index is 978. The molecule has 1 aromatic heterocycles. The molecule has 0 spiro atoms. The van der Waals surface area contributed by atoms with Crippen LogP contribution in [0.25, 0.3) is 11.3 Å². The highest BCUT2D eigenvalue weighted by Crippen LogP contribution is 2.24. The Morgan fingerprint density at radius 2 is 1.61 bits per heavy atom. The molecule has 7 heteroatoms. The average Bonchev–Trinajstić information content (AvgIpc) is 3.24. The number of nitro benzene ring substituents is 1. The molecule has 0 amide bonds. The van der Waals surface area contributed by atoms with Gasteiger partial charge in [-0.3, -0.25) is 10.1 Å². The van der Waals surface area contributed by atoms with Crippen LogP contribution in [-0.4, -0.2) is 41.0 Å². The van der Waals surface area contributed by atoms with Crippen molar-refractivity contribution >= 4 is 28.6 Å². The number of non-ortho nitro benzene ring substituents is 1. The zero-order valence-electron chi connectivity index (χ0n) is 15.2. The van der Waals surface area contributed by atoms with Gasteiger partial charge in [0, 0.05) is 49.6 Å². The summed E-state index contributed by atoms with van der Waals surface area (Å²) in [6.45, 7) is 3.14. The lowest BCUT2D eigenvalue weighted by molar-refractivity contribution is -0.384. The zero-order valence-corrected chi connectivity index (χ0v) is 16.0. The van der Waals surface area contributed by atoms with E-state index in [1.165, 1.54) is 0 Å². The smallest absolute Gasteiger partial charge is 0.269 e. The predicted octanol–water partition coefficient (Wildman–Crippen LogP) is 4.35. The number of furan rings is 1. The summed E-state index contributed by atoms with van der Waals surface area (Å²) in [5.74, 6) is 1.51. The molecule has 1 saturated heterocycles. The Labute approximate surface area is 168 Å². The minimum atomic E-state index is -0.382. The number of piperazine rings is 1. The first-order valence-electron chi connectivity index (χ1n) is 9.06. The molecule has 0 bridgehead atoms. The number of nitrogens with zero attached hydrogens (tertiary/aromatic N) is 3. The lowest BCUT2D eigenvalue weighted by atomic mass is 10.2. The minimum absolute atomic E-state index is 0.107. The van der Waals surface area contributed by atoms with E-state index in [4.69, 9.17) is 16.6 Å². The number of nitro groups is 1. The number of benzene rings is 2. The van der Waals surface area contributed by atoms with Crippen molar-refractivity contribution in [2.24, 2.45) is 0 Å². The number of anilines is 1. The van der Waals surface area contributed by atoms with Crippen molar-refractivity contribution in [3.05, 3.63) is 82.6 Å². The third kappa shape index (κ3) is 3.75. The van der Waals surface area contributed by atoms with Crippen molar-refractivity contribution in [2.75, 3.05) is 31.1 Å². The fraction of sp³-hybridized carbons (Fsp3) is 0.190. The van der Waals surface area contributed by atoms with Gasteiger partial charge in [0.15, 0.2) is 5.76 Å².